The minimum Gasteiger partial charge on any atom is -0.485 e. The first-order chi connectivity index (χ1) is 9.13. The highest BCUT2D eigenvalue weighted by atomic mass is 16.6. The average molecular weight is 260 g/mol. The summed E-state index contributed by atoms with van der Waals surface area (Å²) in [5.41, 5.74) is 0. The Bertz CT molecular complexity index is 508. The van der Waals surface area contributed by atoms with Crippen LogP contribution in [0.3, 0.4) is 0 Å². The van der Waals surface area contributed by atoms with E-state index in [2.05, 4.69) is 0 Å². The fourth-order valence-electron chi connectivity index (χ4n) is 1.92. The molecule has 2 rings (SSSR count). The molecule has 0 aromatic heterocycles. The molecule has 1 unspecified atom stereocenters. The van der Waals surface area contributed by atoms with E-state index in [1.54, 1.807) is 12.1 Å². The summed E-state index contributed by atoms with van der Waals surface area (Å²) < 4.78 is 11.2. The van der Waals surface area contributed by atoms with Crippen molar-refractivity contribution >= 4 is 5.91 Å². The van der Waals surface area contributed by atoms with Gasteiger partial charge in [0.1, 0.15) is 13.2 Å². The summed E-state index contributed by atoms with van der Waals surface area (Å²) in [6.45, 7) is 3.96. The highest BCUT2D eigenvalue weighted by molar-refractivity contribution is 5.82. The number of fused-ring (bicyclic) bond motifs is 1. The predicted molar refractivity (Wildman–Crippen MR) is 68.8 cm³/mol. The number of nitrogens with zero attached hydrogens (tertiary/aromatic N) is 2. The Labute approximate surface area is 112 Å². The molecule has 1 atom stereocenters. The van der Waals surface area contributed by atoms with Crippen molar-refractivity contribution in [2.24, 2.45) is 0 Å². The van der Waals surface area contributed by atoms with E-state index in [-0.39, 0.29) is 25.1 Å². The van der Waals surface area contributed by atoms with E-state index in [1.807, 2.05) is 32.0 Å². The highest BCUT2D eigenvalue weighted by Gasteiger charge is 2.31. The lowest BCUT2D eigenvalue weighted by molar-refractivity contribution is -0.142. The molecule has 0 fully saturated rings. The molecular weight excluding hydrogens is 244 g/mol. The van der Waals surface area contributed by atoms with Crippen LogP contribution in [0.5, 0.6) is 11.5 Å². The van der Waals surface area contributed by atoms with Gasteiger partial charge >= 0.3 is 0 Å². The van der Waals surface area contributed by atoms with E-state index in [9.17, 15) is 4.79 Å². The fourth-order valence-corrected chi connectivity index (χ4v) is 1.92. The zero-order chi connectivity index (χ0) is 13.8. The number of carbonyl (C=O) groups excluding carboxylic acids is 1. The minimum atomic E-state index is -0.689. The number of hydrogen-bond acceptors (Lipinski definition) is 4. The number of benzene rings is 1. The molecule has 0 bridgehead atoms. The van der Waals surface area contributed by atoms with Crippen LogP contribution in [0.4, 0.5) is 0 Å². The van der Waals surface area contributed by atoms with Crippen molar-refractivity contribution in [1.82, 2.24) is 4.90 Å². The van der Waals surface area contributed by atoms with Crippen LogP contribution in [0.25, 0.3) is 0 Å². The van der Waals surface area contributed by atoms with E-state index in [1.165, 1.54) is 4.90 Å². The lowest BCUT2D eigenvalue weighted by atomic mass is 10.2. The van der Waals surface area contributed by atoms with Gasteiger partial charge in [0.25, 0.3) is 5.91 Å². The Morgan fingerprint density at radius 1 is 1.47 bits per heavy atom. The lowest BCUT2D eigenvalue weighted by Crippen LogP contribution is -2.49. The van der Waals surface area contributed by atoms with Crippen LogP contribution in [0.15, 0.2) is 24.3 Å². The van der Waals surface area contributed by atoms with Crippen LogP contribution in [-0.2, 0) is 4.79 Å². The summed E-state index contributed by atoms with van der Waals surface area (Å²) in [5.74, 6) is 0.988. The van der Waals surface area contributed by atoms with Gasteiger partial charge in [-0.05, 0) is 26.0 Å². The van der Waals surface area contributed by atoms with Gasteiger partial charge in [0.05, 0.1) is 6.07 Å². The molecule has 0 spiro atoms. The van der Waals surface area contributed by atoms with Crippen molar-refractivity contribution in [2.45, 2.75) is 26.0 Å². The number of para-hydroxylation sites is 2. The maximum atomic E-state index is 12.3. The first-order valence-corrected chi connectivity index (χ1v) is 6.19. The molecule has 0 aliphatic carbocycles. The molecule has 1 aliphatic rings. The zero-order valence-electron chi connectivity index (χ0n) is 11.0. The Balaban J connectivity index is 2.12. The summed E-state index contributed by atoms with van der Waals surface area (Å²) in [4.78, 5) is 13.8. The second-order valence-electron chi connectivity index (χ2n) is 4.58. The highest BCUT2D eigenvalue weighted by Crippen LogP contribution is 2.31. The number of ether oxygens (including phenoxy) is 2. The van der Waals surface area contributed by atoms with Crippen molar-refractivity contribution < 1.29 is 14.3 Å². The van der Waals surface area contributed by atoms with Gasteiger partial charge in [-0.1, -0.05) is 12.1 Å². The third-order valence-corrected chi connectivity index (χ3v) is 2.93. The van der Waals surface area contributed by atoms with Gasteiger partial charge in [0, 0.05) is 6.04 Å². The molecule has 1 amide bonds. The van der Waals surface area contributed by atoms with E-state index in [0.29, 0.717) is 11.5 Å². The number of hydrogen-bond donors (Lipinski definition) is 0. The van der Waals surface area contributed by atoms with Crippen LogP contribution in [0.2, 0.25) is 0 Å². The Hall–Kier alpha value is -2.22. The third-order valence-electron chi connectivity index (χ3n) is 2.93. The lowest BCUT2D eigenvalue weighted by Gasteiger charge is -2.31. The van der Waals surface area contributed by atoms with E-state index in [0.717, 1.165) is 0 Å². The van der Waals surface area contributed by atoms with Gasteiger partial charge in [0.15, 0.2) is 11.5 Å². The summed E-state index contributed by atoms with van der Waals surface area (Å²) in [6.07, 6.45) is -0.689. The van der Waals surface area contributed by atoms with E-state index >= 15 is 0 Å². The second kappa shape index (κ2) is 5.61. The van der Waals surface area contributed by atoms with Gasteiger partial charge in [-0.25, -0.2) is 0 Å². The van der Waals surface area contributed by atoms with Crippen LogP contribution in [-0.4, -0.2) is 36.1 Å². The Kier molecular flexibility index (Phi) is 3.91. The molecular formula is C14H16N2O3. The molecule has 100 valence electrons. The predicted octanol–water partition coefficient (Wildman–Crippen LogP) is 1.59. The maximum absolute atomic E-state index is 12.3. The normalized spacial score (nSPS) is 16.8. The van der Waals surface area contributed by atoms with E-state index in [4.69, 9.17) is 14.7 Å². The molecule has 0 saturated heterocycles. The van der Waals surface area contributed by atoms with Gasteiger partial charge in [0.2, 0.25) is 6.10 Å². The SMILES string of the molecule is CC(C)N(CC#N)C(=O)C1COc2ccccc2O1. The summed E-state index contributed by atoms with van der Waals surface area (Å²) in [5, 5.41) is 8.77. The van der Waals surface area contributed by atoms with Crippen molar-refractivity contribution in [1.29, 1.82) is 5.26 Å². The number of amides is 1. The number of nitriles is 1. The molecule has 0 radical (unpaired) electrons. The molecule has 1 aliphatic heterocycles. The minimum absolute atomic E-state index is 0.0482. The summed E-state index contributed by atoms with van der Waals surface area (Å²) in [7, 11) is 0. The van der Waals surface area contributed by atoms with Crippen LogP contribution < -0.4 is 9.47 Å². The van der Waals surface area contributed by atoms with Gasteiger partial charge in [-0.15, -0.1) is 0 Å². The van der Waals surface area contributed by atoms with Crippen LogP contribution in [0, 0.1) is 11.3 Å². The van der Waals surface area contributed by atoms with Crippen molar-refractivity contribution in [3.63, 3.8) is 0 Å². The largest absolute Gasteiger partial charge is 0.485 e. The van der Waals surface area contributed by atoms with Gasteiger partial charge in [-0.2, -0.15) is 5.26 Å². The van der Waals surface area contributed by atoms with Crippen LogP contribution in [0.1, 0.15) is 13.8 Å². The molecule has 1 aromatic carbocycles. The monoisotopic (exact) mass is 260 g/mol. The fraction of sp³-hybridized carbons (Fsp3) is 0.429. The molecule has 0 N–H and O–H groups in total. The van der Waals surface area contributed by atoms with Gasteiger partial charge < -0.3 is 14.4 Å². The number of carbonyl (C=O) groups is 1. The smallest absolute Gasteiger partial charge is 0.268 e. The molecule has 5 heteroatoms. The van der Waals surface area contributed by atoms with Crippen molar-refractivity contribution in [3.8, 4) is 17.6 Å². The van der Waals surface area contributed by atoms with Crippen molar-refractivity contribution in [3.05, 3.63) is 24.3 Å². The molecule has 1 heterocycles. The third kappa shape index (κ3) is 2.79. The topological polar surface area (TPSA) is 62.6 Å². The van der Waals surface area contributed by atoms with Crippen LogP contribution >= 0.6 is 0 Å². The second-order valence-corrected chi connectivity index (χ2v) is 4.58. The summed E-state index contributed by atoms with van der Waals surface area (Å²) >= 11 is 0. The van der Waals surface area contributed by atoms with E-state index < -0.39 is 6.10 Å². The quantitative estimate of drug-likeness (QED) is 0.774. The average Bonchev–Trinajstić information content (AvgIpc) is 2.43. The standard InChI is InChI=1S/C14H16N2O3/c1-10(2)16(8-7-15)14(17)13-9-18-11-5-3-4-6-12(11)19-13/h3-6,10,13H,8-9H2,1-2H3. The first-order valence-electron chi connectivity index (χ1n) is 6.19. The zero-order valence-corrected chi connectivity index (χ0v) is 11.0. The molecule has 1 aromatic rings. The molecule has 5 nitrogen and oxygen atoms in total. The Morgan fingerprint density at radius 2 is 2.16 bits per heavy atom. The molecule has 19 heavy (non-hydrogen) atoms. The summed E-state index contributed by atoms with van der Waals surface area (Å²) in [6, 6.07) is 9.18. The van der Waals surface area contributed by atoms with Gasteiger partial charge in [-0.3, -0.25) is 4.79 Å². The maximum Gasteiger partial charge on any atom is 0.268 e. The van der Waals surface area contributed by atoms with Crippen molar-refractivity contribution in [2.75, 3.05) is 13.2 Å². The first kappa shape index (κ1) is 13.2. The Morgan fingerprint density at radius 3 is 2.79 bits per heavy atom. The molecule has 0 saturated carbocycles. The number of rotatable bonds is 3.